The van der Waals surface area contributed by atoms with Gasteiger partial charge in [0.25, 0.3) is 0 Å². The Bertz CT molecular complexity index is 604. The van der Waals surface area contributed by atoms with Crippen LogP contribution in [0.2, 0.25) is 5.02 Å². The highest BCUT2D eigenvalue weighted by molar-refractivity contribution is 6.30. The van der Waals surface area contributed by atoms with Crippen molar-refractivity contribution in [1.29, 1.82) is 0 Å². The summed E-state index contributed by atoms with van der Waals surface area (Å²) in [5, 5.41) is 0.725. The summed E-state index contributed by atoms with van der Waals surface area (Å²) in [5.74, 6) is 0.162. The quantitative estimate of drug-likeness (QED) is 0.769. The maximum Gasteiger partial charge on any atom is 0.222 e. The van der Waals surface area contributed by atoms with Crippen LogP contribution in [0.4, 0.5) is 0 Å². The molecular formula is C19H22ClNO. The number of halogens is 1. The Morgan fingerprint density at radius 2 is 1.50 bits per heavy atom. The highest BCUT2D eigenvalue weighted by Crippen LogP contribution is 2.12. The molecule has 0 atom stereocenters. The van der Waals surface area contributed by atoms with Crippen molar-refractivity contribution in [3.05, 3.63) is 70.2 Å². The summed E-state index contributed by atoms with van der Waals surface area (Å²) in [6.45, 7) is 2.80. The SMILES string of the molecule is CCc1ccc(CN(C)C(=O)CCc2ccc(Cl)cc2)cc1. The van der Waals surface area contributed by atoms with Crippen molar-refractivity contribution >= 4 is 17.5 Å². The molecule has 2 aromatic carbocycles. The molecule has 0 aliphatic rings. The average Bonchev–Trinajstić information content (AvgIpc) is 2.54. The molecule has 0 saturated carbocycles. The van der Waals surface area contributed by atoms with Crippen LogP contribution < -0.4 is 0 Å². The number of hydrogen-bond acceptors (Lipinski definition) is 1. The van der Waals surface area contributed by atoms with E-state index in [-0.39, 0.29) is 5.91 Å². The van der Waals surface area contributed by atoms with E-state index in [0.717, 1.165) is 23.4 Å². The molecule has 2 nitrogen and oxygen atoms in total. The number of carbonyl (C=O) groups is 1. The summed E-state index contributed by atoms with van der Waals surface area (Å²) >= 11 is 5.86. The van der Waals surface area contributed by atoms with Gasteiger partial charge in [0.2, 0.25) is 5.91 Å². The third kappa shape index (κ3) is 4.88. The van der Waals surface area contributed by atoms with Crippen molar-refractivity contribution < 1.29 is 4.79 Å². The average molecular weight is 316 g/mol. The molecule has 3 heteroatoms. The first-order chi connectivity index (χ1) is 10.6. The first-order valence-corrected chi connectivity index (χ1v) is 8.02. The van der Waals surface area contributed by atoms with Crippen molar-refractivity contribution in [3.63, 3.8) is 0 Å². The molecular weight excluding hydrogens is 294 g/mol. The van der Waals surface area contributed by atoms with Gasteiger partial charge in [0.05, 0.1) is 0 Å². The highest BCUT2D eigenvalue weighted by atomic mass is 35.5. The molecule has 0 bridgehead atoms. The van der Waals surface area contributed by atoms with Crippen LogP contribution in [0.5, 0.6) is 0 Å². The topological polar surface area (TPSA) is 20.3 Å². The van der Waals surface area contributed by atoms with Crippen LogP contribution in [0.3, 0.4) is 0 Å². The van der Waals surface area contributed by atoms with E-state index in [9.17, 15) is 4.79 Å². The molecule has 0 aliphatic heterocycles. The maximum absolute atomic E-state index is 12.2. The van der Waals surface area contributed by atoms with Crippen LogP contribution in [0.15, 0.2) is 48.5 Å². The minimum Gasteiger partial charge on any atom is -0.341 e. The molecule has 0 saturated heterocycles. The Morgan fingerprint density at radius 1 is 0.955 bits per heavy atom. The molecule has 22 heavy (non-hydrogen) atoms. The molecule has 0 unspecified atom stereocenters. The monoisotopic (exact) mass is 315 g/mol. The predicted molar refractivity (Wildman–Crippen MR) is 92.1 cm³/mol. The molecule has 2 rings (SSSR count). The largest absolute Gasteiger partial charge is 0.341 e. The number of nitrogens with zero attached hydrogens (tertiary/aromatic N) is 1. The fourth-order valence-corrected chi connectivity index (χ4v) is 2.46. The number of aryl methyl sites for hydroxylation is 2. The van der Waals surface area contributed by atoms with Gasteiger partial charge in [0.15, 0.2) is 0 Å². The second-order valence-corrected chi connectivity index (χ2v) is 5.98. The Hall–Kier alpha value is -1.80. The summed E-state index contributed by atoms with van der Waals surface area (Å²) in [7, 11) is 1.86. The second kappa shape index (κ2) is 8.00. The number of hydrogen-bond donors (Lipinski definition) is 0. The third-order valence-corrected chi connectivity index (χ3v) is 4.07. The van der Waals surface area contributed by atoms with Crippen LogP contribution in [-0.4, -0.2) is 17.9 Å². The van der Waals surface area contributed by atoms with E-state index in [1.54, 1.807) is 4.90 Å². The molecule has 1 amide bonds. The highest BCUT2D eigenvalue weighted by Gasteiger charge is 2.09. The summed E-state index contributed by atoms with van der Waals surface area (Å²) in [6, 6.07) is 16.1. The summed E-state index contributed by atoms with van der Waals surface area (Å²) < 4.78 is 0. The van der Waals surface area contributed by atoms with Crippen LogP contribution in [0.25, 0.3) is 0 Å². The fraction of sp³-hybridized carbons (Fsp3) is 0.316. The van der Waals surface area contributed by atoms with Gasteiger partial charge in [0.1, 0.15) is 0 Å². The predicted octanol–water partition coefficient (Wildman–Crippen LogP) is 4.49. The Kier molecular flexibility index (Phi) is 6.02. The van der Waals surface area contributed by atoms with E-state index in [0.29, 0.717) is 13.0 Å². The van der Waals surface area contributed by atoms with Crippen molar-refractivity contribution in [3.8, 4) is 0 Å². The maximum atomic E-state index is 12.2. The molecule has 0 aliphatic carbocycles. The minimum atomic E-state index is 0.162. The molecule has 2 aromatic rings. The molecule has 0 heterocycles. The van der Waals surface area contributed by atoms with Crippen LogP contribution >= 0.6 is 11.6 Å². The molecule has 0 radical (unpaired) electrons. The van der Waals surface area contributed by atoms with E-state index < -0.39 is 0 Å². The van der Waals surface area contributed by atoms with Gasteiger partial charge in [0, 0.05) is 25.0 Å². The van der Waals surface area contributed by atoms with Crippen LogP contribution in [0.1, 0.15) is 30.0 Å². The molecule has 0 aromatic heterocycles. The Balaban J connectivity index is 1.84. The molecule has 0 fully saturated rings. The van der Waals surface area contributed by atoms with Gasteiger partial charge in [-0.3, -0.25) is 4.79 Å². The first-order valence-electron chi connectivity index (χ1n) is 7.64. The van der Waals surface area contributed by atoms with E-state index >= 15 is 0 Å². The lowest BCUT2D eigenvalue weighted by molar-refractivity contribution is -0.130. The third-order valence-electron chi connectivity index (χ3n) is 3.82. The zero-order valence-corrected chi connectivity index (χ0v) is 13.9. The summed E-state index contributed by atoms with van der Waals surface area (Å²) in [4.78, 5) is 14.0. The van der Waals surface area contributed by atoms with E-state index in [2.05, 4.69) is 31.2 Å². The van der Waals surface area contributed by atoms with Gasteiger partial charge >= 0.3 is 0 Å². The van der Waals surface area contributed by atoms with E-state index in [4.69, 9.17) is 11.6 Å². The summed E-state index contributed by atoms with van der Waals surface area (Å²) in [6.07, 6.45) is 2.30. The lowest BCUT2D eigenvalue weighted by Gasteiger charge is -2.17. The fourth-order valence-electron chi connectivity index (χ4n) is 2.34. The minimum absolute atomic E-state index is 0.162. The normalized spacial score (nSPS) is 10.5. The lowest BCUT2D eigenvalue weighted by atomic mass is 10.1. The summed E-state index contributed by atoms with van der Waals surface area (Å²) in [5.41, 5.74) is 3.62. The van der Waals surface area contributed by atoms with Crippen molar-refractivity contribution in [2.75, 3.05) is 7.05 Å². The van der Waals surface area contributed by atoms with Crippen LogP contribution in [-0.2, 0) is 24.2 Å². The zero-order valence-electron chi connectivity index (χ0n) is 13.2. The van der Waals surface area contributed by atoms with Gasteiger partial charge in [-0.15, -0.1) is 0 Å². The van der Waals surface area contributed by atoms with Crippen molar-refractivity contribution in [1.82, 2.24) is 4.90 Å². The zero-order chi connectivity index (χ0) is 15.9. The number of rotatable bonds is 6. The molecule has 0 N–H and O–H groups in total. The van der Waals surface area contributed by atoms with Gasteiger partial charge in [-0.05, 0) is 41.7 Å². The molecule has 116 valence electrons. The number of benzene rings is 2. The van der Waals surface area contributed by atoms with Gasteiger partial charge in [-0.2, -0.15) is 0 Å². The van der Waals surface area contributed by atoms with Gasteiger partial charge in [-0.25, -0.2) is 0 Å². The molecule has 0 spiro atoms. The van der Waals surface area contributed by atoms with Gasteiger partial charge in [-0.1, -0.05) is 54.9 Å². The smallest absolute Gasteiger partial charge is 0.222 e. The van der Waals surface area contributed by atoms with Crippen molar-refractivity contribution in [2.24, 2.45) is 0 Å². The van der Waals surface area contributed by atoms with Crippen LogP contribution in [0, 0.1) is 0 Å². The van der Waals surface area contributed by atoms with Gasteiger partial charge < -0.3 is 4.90 Å². The van der Waals surface area contributed by atoms with Crippen molar-refractivity contribution in [2.45, 2.75) is 32.7 Å². The Morgan fingerprint density at radius 3 is 2.09 bits per heavy atom. The first kappa shape index (κ1) is 16.6. The standard InChI is InChI=1S/C19H22ClNO/c1-3-15-4-6-17(7-5-15)14-21(2)19(22)13-10-16-8-11-18(20)12-9-16/h4-9,11-12H,3,10,13-14H2,1-2H3. The number of amides is 1. The Labute approximate surface area is 137 Å². The van der Waals surface area contributed by atoms with E-state index in [1.807, 2.05) is 31.3 Å². The number of carbonyl (C=O) groups excluding carboxylic acids is 1. The van der Waals surface area contributed by atoms with E-state index in [1.165, 1.54) is 11.1 Å². The second-order valence-electron chi connectivity index (χ2n) is 5.55. The lowest BCUT2D eigenvalue weighted by Crippen LogP contribution is -2.26.